The minimum atomic E-state index is -3.62. The van der Waals surface area contributed by atoms with Crippen LogP contribution >= 0.6 is 0 Å². The predicted octanol–water partition coefficient (Wildman–Crippen LogP) is 1.37. The summed E-state index contributed by atoms with van der Waals surface area (Å²) < 4.78 is 42.9. The van der Waals surface area contributed by atoms with Crippen molar-refractivity contribution in [2.24, 2.45) is 11.3 Å². The Balaban J connectivity index is 2.10. The molecule has 2 N–H and O–H groups in total. The van der Waals surface area contributed by atoms with Crippen LogP contribution in [0.3, 0.4) is 0 Å². The van der Waals surface area contributed by atoms with Crippen LogP contribution < -0.4 is 5.73 Å². The molecule has 12 heteroatoms. The van der Waals surface area contributed by atoms with Gasteiger partial charge >= 0.3 is 0 Å². The molecular formula is C17H28N5O5SSi. The lowest BCUT2D eigenvalue weighted by Gasteiger charge is -2.58. The van der Waals surface area contributed by atoms with Crippen molar-refractivity contribution in [3.05, 3.63) is 12.7 Å². The number of rotatable bonds is 7. The molecule has 3 rings (SSSR count). The number of fused-ring (bicyclic) bond motifs is 1. The molecule has 3 heterocycles. The van der Waals surface area contributed by atoms with Crippen molar-refractivity contribution in [3.63, 3.8) is 0 Å². The normalized spacial score (nSPS) is 25.5. The van der Waals surface area contributed by atoms with Crippen LogP contribution in [0, 0.1) is 11.3 Å². The van der Waals surface area contributed by atoms with E-state index >= 15 is 0 Å². The molecule has 0 spiro atoms. The van der Waals surface area contributed by atoms with Crippen LogP contribution in [0.25, 0.3) is 11.2 Å². The third-order valence-corrected chi connectivity index (χ3v) is 6.21. The Hall–Kier alpha value is -1.60. The van der Waals surface area contributed by atoms with E-state index in [1.54, 1.807) is 10.9 Å². The molecule has 29 heavy (non-hydrogen) atoms. The molecule has 3 atom stereocenters. The highest BCUT2D eigenvalue weighted by Crippen LogP contribution is 2.51. The fourth-order valence-electron chi connectivity index (χ4n) is 3.57. The molecule has 0 bridgehead atoms. The van der Waals surface area contributed by atoms with E-state index in [0.717, 1.165) is 6.26 Å². The number of aromatic nitrogens is 4. The average molecular weight is 443 g/mol. The third kappa shape index (κ3) is 4.31. The minimum absolute atomic E-state index is 0.0418. The van der Waals surface area contributed by atoms with Gasteiger partial charge in [0.15, 0.2) is 17.2 Å². The first kappa shape index (κ1) is 22.1. The van der Waals surface area contributed by atoms with Gasteiger partial charge in [-0.1, -0.05) is 20.8 Å². The average Bonchev–Trinajstić information content (AvgIpc) is 2.97. The van der Waals surface area contributed by atoms with Gasteiger partial charge in [-0.05, 0) is 18.5 Å². The van der Waals surface area contributed by atoms with Gasteiger partial charge in [0.05, 0.1) is 37.8 Å². The Labute approximate surface area is 172 Å². The zero-order chi connectivity index (χ0) is 21.6. The summed E-state index contributed by atoms with van der Waals surface area (Å²) in [4.78, 5) is 12.7. The third-order valence-electron chi connectivity index (χ3n) is 4.93. The summed E-state index contributed by atoms with van der Waals surface area (Å²) in [6, 6.07) is 0. The van der Waals surface area contributed by atoms with Gasteiger partial charge in [0.25, 0.3) is 10.1 Å². The summed E-state index contributed by atoms with van der Waals surface area (Å²) in [5.41, 5.74) is 5.64. The van der Waals surface area contributed by atoms with Crippen LogP contribution in [0.15, 0.2) is 12.7 Å². The Morgan fingerprint density at radius 2 is 2.00 bits per heavy atom. The summed E-state index contributed by atoms with van der Waals surface area (Å²) >= 11 is 0. The first-order valence-corrected chi connectivity index (χ1v) is 13.5. The number of hydrogen-bond donors (Lipinski definition) is 1. The highest BCUT2D eigenvalue weighted by Gasteiger charge is 2.61. The van der Waals surface area contributed by atoms with Gasteiger partial charge in [0, 0.05) is 0 Å². The van der Waals surface area contributed by atoms with Crippen LogP contribution in [0.1, 0.15) is 20.8 Å². The Bertz CT molecular complexity index is 990. The largest absolute Gasteiger partial charge is 0.412 e. The van der Waals surface area contributed by atoms with E-state index in [-0.39, 0.29) is 36.5 Å². The van der Waals surface area contributed by atoms with Crippen molar-refractivity contribution in [3.8, 4) is 0 Å². The van der Waals surface area contributed by atoms with Gasteiger partial charge in [-0.25, -0.2) is 15.0 Å². The van der Waals surface area contributed by atoms with E-state index in [4.69, 9.17) is 19.1 Å². The molecule has 0 saturated carbocycles. The van der Waals surface area contributed by atoms with Crippen LogP contribution in [0.2, 0.25) is 13.1 Å². The number of anilines is 1. The van der Waals surface area contributed by atoms with Crippen molar-refractivity contribution in [1.29, 1.82) is 0 Å². The molecule has 1 aliphatic rings. The number of imidazole rings is 1. The molecule has 10 nitrogen and oxygen atoms in total. The van der Waals surface area contributed by atoms with E-state index in [1.807, 2.05) is 33.9 Å². The molecule has 0 unspecified atom stereocenters. The van der Waals surface area contributed by atoms with Gasteiger partial charge in [0.2, 0.25) is 9.04 Å². The summed E-state index contributed by atoms with van der Waals surface area (Å²) in [5, 5.41) is 0. The van der Waals surface area contributed by atoms with E-state index in [2.05, 4.69) is 15.0 Å². The van der Waals surface area contributed by atoms with E-state index in [9.17, 15) is 8.42 Å². The first-order valence-electron chi connectivity index (χ1n) is 9.24. The number of nitrogen functional groups attached to an aromatic ring is 1. The second-order valence-electron chi connectivity index (χ2n) is 8.59. The fraction of sp³-hybridized carbons (Fsp3) is 0.706. The van der Waals surface area contributed by atoms with Gasteiger partial charge in [-0.3, -0.25) is 8.75 Å². The monoisotopic (exact) mass is 442 g/mol. The van der Waals surface area contributed by atoms with Crippen LogP contribution in [0.4, 0.5) is 5.82 Å². The highest BCUT2D eigenvalue weighted by atomic mass is 32.2. The topological polar surface area (TPSA) is 131 Å². The molecule has 0 aromatic carbocycles. The maximum atomic E-state index is 11.7. The van der Waals surface area contributed by atoms with Gasteiger partial charge in [-0.15, -0.1) is 0 Å². The smallest absolute Gasteiger partial charge is 0.264 e. The highest BCUT2D eigenvalue weighted by molar-refractivity contribution is 7.85. The molecule has 1 radical (unpaired) electrons. The molecule has 1 saturated heterocycles. The lowest BCUT2D eigenvalue weighted by Crippen LogP contribution is -2.68. The molecule has 1 aliphatic heterocycles. The van der Waals surface area contributed by atoms with Gasteiger partial charge in [0.1, 0.15) is 11.8 Å². The Morgan fingerprint density at radius 1 is 1.31 bits per heavy atom. The van der Waals surface area contributed by atoms with Crippen molar-refractivity contribution in [1.82, 2.24) is 19.5 Å². The van der Waals surface area contributed by atoms with Crippen LogP contribution in [0.5, 0.6) is 0 Å². The molecular weight excluding hydrogens is 414 g/mol. The molecule has 1 fully saturated rings. The molecule has 0 amide bonds. The number of nitrogens with zero attached hydrogens (tertiary/aromatic N) is 4. The fourth-order valence-corrected chi connectivity index (χ4v) is 4.46. The number of ether oxygens (including phenoxy) is 1. The number of nitrogens with two attached hydrogens (primary N) is 1. The second-order valence-corrected chi connectivity index (χ2v) is 12.3. The first-order chi connectivity index (χ1) is 13.3. The van der Waals surface area contributed by atoms with E-state index in [0.29, 0.717) is 11.2 Å². The maximum Gasteiger partial charge on any atom is 0.264 e. The zero-order valence-corrected chi connectivity index (χ0v) is 19.4. The Kier molecular flexibility index (Phi) is 5.77. The van der Waals surface area contributed by atoms with Gasteiger partial charge in [-0.2, -0.15) is 8.42 Å². The van der Waals surface area contributed by atoms with Crippen molar-refractivity contribution >= 4 is 36.1 Å². The quantitative estimate of drug-likeness (QED) is 0.498. The molecule has 161 valence electrons. The van der Waals surface area contributed by atoms with Crippen LogP contribution in [-0.2, 0) is 29.2 Å². The van der Waals surface area contributed by atoms with Crippen molar-refractivity contribution < 1.29 is 21.8 Å². The zero-order valence-electron chi connectivity index (χ0n) is 17.5. The summed E-state index contributed by atoms with van der Waals surface area (Å²) in [6.45, 7) is 10.3. The van der Waals surface area contributed by atoms with E-state index < -0.39 is 24.9 Å². The maximum absolute atomic E-state index is 11.7. The van der Waals surface area contributed by atoms with Crippen molar-refractivity contribution in [2.45, 2.75) is 45.7 Å². The van der Waals surface area contributed by atoms with Crippen LogP contribution in [-0.4, -0.2) is 62.6 Å². The van der Waals surface area contributed by atoms with E-state index in [1.165, 1.54) is 6.33 Å². The lowest BCUT2D eigenvalue weighted by molar-refractivity contribution is -0.347. The summed E-state index contributed by atoms with van der Waals surface area (Å²) in [7, 11) is -4.67. The minimum Gasteiger partial charge on any atom is -0.412 e. The number of hydrogen-bond acceptors (Lipinski definition) is 9. The molecule has 0 aliphatic carbocycles. The SMILES string of the molecule is C[Si](C)OC[C@]1(n2cnc3c(N)ncnc32)O[C@H](C(C)(C)C)[C@H]1COS(C)(=O)=O. The lowest BCUT2D eigenvalue weighted by atomic mass is 9.71. The second kappa shape index (κ2) is 7.58. The Morgan fingerprint density at radius 3 is 2.59 bits per heavy atom. The summed E-state index contributed by atoms with van der Waals surface area (Å²) in [5.74, 6) is -0.0525. The predicted molar refractivity (Wildman–Crippen MR) is 110 cm³/mol. The standard InChI is InChI=1S/C17H28N5O5SSi/c1-16(2,3)13-11(7-25-28(4,23)24)17(27-13,8-26-29(5)6)22-10-21-12-14(18)19-9-20-15(12)22/h9-11,13H,7-8H2,1-6H3,(H2,18,19,20)/t11-,13+,17+/m1/s1. The van der Waals surface area contributed by atoms with Gasteiger partial charge < -0.3 is 14.9 Å². The summed E-state index contributed by atoms with van der Waals surface area (Å²) in [6.07, 6.45) is 3.73. The molecule has 2 aromatic heterocycles. The molecule has 2 aromatic rings. The van der Waals surface area contributed by atoms with Crippen molar-refractivity contribution in [2.75, 3.05) is 25.2 Å².